The molecule has 0 saturated heterocycles. The fourth-order valence-electron chi connectivity index (χ4n) is 2.34. The zero-order valence-electron chi connectivity index (χ0n) is 15.2. The molecule has 27 heavy (non-hydrogen) atoms. The normalized spacial score (nSPS) is 10.6. The number of carbonyl (C=O) groups excluding carboxylic acids is 2. The molecule has 2 rings (SSSR count). The number of hydrogen-bond acceptors (Lipinski definition) is 6. The smallest absolute Gasteiger partial charge is 0.387 e. The van der Waals surface area contributed by atoms with E-state index < -0.39 is 12.6 Å². The number of hydrogen-bond donors (Lipinski definition) is 1. The first-order valence-corrected chi connectivity index (χ1v) is 8.71. The van der Waals surface area contributed by atoms with Crippen LogP contribution in [0.2, 0.25) is 0 Å². The number of carbonyl (C=O) groups is 2. The molecule has 1 amide bonds. The fraction of sp³-hybridized carbons (Fsp3) is 0.333. The van der Waals surface area contributed by atoms with Gasteiger partial charge in [-0.2, -0.15) is 8.78 Å². The van der Waals surface area contributed by atoms with Gasteiger partial charge in [0, 0.05) is 11.8 Å². The monoisotopic (exact) mass is 399 g/mol. The maximum atomic E-state index is 12.5. The zero-order chi connectivity index (χ0) is 20.1. The molecule has 0 radical (unpaired) electrons. The molecule has 0 aliphatic carbocycles. The molecular weight excluding hydrogens is 380 g/mol. The molecule has 0 unspecified atom stereocenters. The molecule has 0 bridgehead atoms. The van der Waals surface area contributed by atoms with Crippen molar-refractivity contribution in [3.05, 3.63) is 39.8 Å². The summed E-state index contributed by atoms with van der Waals surface area (Å²) in [4.78, 5) is 24.7. The van der Waals surface area contributed by atoms with Crippen LogP contribution >= 0.6 is 11.3 Å². The van der Waals surface area contributed by atoms with Crippen molar-refractivity contribution in [1.29, 1.82) is 0 Å². The number of anilines is 1. The first kappa shape index (κ1) is 20.6. The van der Waals surface area contributed by atoms with Gasteiger partial charge in [-0.05, 0) is 37.1 Å². The lowest BCUT2D eigenvalue weighted by atomic mass is 10.1. The zero-order valence-corrected chi connectivity index (χ0v) is 16.0. The predicted molar refractivity (Wildman–Crippen MR) is 96.8 cm³/mol. The summed E-state index contributed by atoms with van der Waals surface area (Å²) in [5.41, 5.74) is 1.57. The van der Waals surface area contributed by atoms with Gasteiger partial charge in [0.1, 0.15) is 11.6 Å². The summed E-state index contributed by atoms with van der Waals surface area (Å²) in [7, 11) is 1.32. The Labute approximate surface area is 159 Å². The quantitative estimate of drug-likeness (QED) is 0.703. The maximum absolute atomic E-state index is 12.5. The van der Waals surface area contributed by atoms with E-state index in [-0.39, 0.29) is 24.0 Å². The second-order valence-electron chi connectivity index (χ2n) is 5.61. The summed E-state index contributed by atoms with van der Waals surface area (Å²) >= 11 is 1.29. The Kier molecular flexibility index (Phi) is 6.73. The van der Waals surface area contributed by atoms with Crippen molar-refractivity contribution < 1.29 is 32.6 Å². The van der Waals surface area contributed by atoms with Crippen LogP contribution in [0.1, 0.15) is 33.3 Å². The lowest BCUT2D eigenvalue weighted by Gasteiger charge is -2.12. The number of thiophene rings is 1. The molecule has 9 heteroatoms. The summed E-state index contributed by atoms with van der Waals surface area (Å²) in [6.07, 6.45) is 0. The Hall–Kier alpha value is -2.68. The van der Waals surface area contributed by atoms with Crippen molar-refractivity contribution >= 4 is 28.2 Å². The first-order chi connectivity index (χ1) is 12.7. The largest absolute Gasteiger partial charge is 0.493 e. The molecule has 6 nitrogen and oxygen atoms in total. The van der Waals surface area contributed by atoms with Gasteiger partial charge in [0.2, 0.25) is 5.91 Å². The molecule has 1 N–H and O–H groups in total. The standard InChI is InChI=1S/C18H19F2NO5S/c1-9-10(2)27-16(21-11(3)22)15(9)17(23)25-8-12-5-6-13(26-18(19)20)14(7-12)24-4/h5-7,18H,8H2,1-4H3,(H,21,22). The van der Waals surface area contributed by atoms with Crippen LogP contribution in [-0.2, 0) is 16.1 Å². The average molecular weight is 399 g/mol. The van der Waals surface area contributed by atoms with Gasteiger partial charge in [-0.25, -0.2) is 4.79 Å². The fourth-order valence-corrected chi connectivity index (χ4v) is 3.43. The van der Waals surface area contributed by atoms with Crippen LogP contribution in [-0.4, -0.2) is 25.6 Å². The number of halogens is 2. The summed E-state index contributed by atoms with van der Waals surface area (Å²) in [6.45, 7) is 1.90. The average Bonchev–Trinajstić information content (AvgIpc) is 2.86. The minimum Gasteiger partial charge on any atom is -0.493 e. The molecular formula is C18H19F2NO5S. The van der Waals surface area contributed by atoms with E-state index in [0.717, 1.165) is 10.4 Å². The van der Waals surface area contributed by atoms with E-state index in [9.17, 15) is 18.4 Å². The number of ether oxygens (including phenoxy) is 3. The van der Waals surface area contributed by atoms with E-state index in [1.165, 1.54) is 43.6 Å². The van der Waals surface area contributed by atoms with Gasteiger partial charge in [-0.1, -0.05) is 6.07 Å². The molecule has 0 fully saturated rings. The number of nitrogens with one attached hydrogen (secondary N) is 1. The van der Waals surface area contributed by atoms with Crippen LogP contribution in [0.4, 0.5) is 13.8 Å². The highest BCUT2D eigenvalue weighted by Gasteiger charge is 2.22. The second-order valence-corrected chi connectivity index (χ2v) is 6.83. The third kappa shape index (κ3) is 5.16. The molecule has 2 aromatic rings. The number of benzene rings is 1. The summed E-state index contributed by atoms with van der Waals surface area (Å²) in [5.74, 6) is -0.887. The van der Waals surface area contributed by atoms with Gasteiger partial charge >= 0.3 is 12.6 Å². The Bertz CT molecular complexity index is 851. The number of methoxy groups -OCH3 is 1. The van der Waals surface area contributed by atoms with Crippen LogP contribution in [0.5, 0.6) is 11.5 Å². The van der Waals surface area contributed by atoms with E-state index in [1.54, 1.807) is 6.92 Å². The minimum absolute atomic E-state index is 0.0992. The van der Waals surface area contributed by atoms with Crippen LogP contribution in [0, 0.1) is 13.8 Å². The predicted octanol–water partition coefficient (Wildman–Crippen LogP) is 4.29. The van der Waals surface area contributed by atoms with Crippen LogP contribution in [0.25, 0.3) is 0 Å². The van der Waals surface area contributed by atoms with Crippen molar-refractivity contribution in [3.8, 4) is 11.5 Å². The van der Waals surface area contributed by atoms with Crippen molar-refractivity contribution in [1.82, 2.24) is 0 Å². The first-order valence-electron chi connectivity index (χ1n) is 7.89. The molecule has 0 aliphatic heterocycles. The number of aryl methyl sites for hydroxylation is 1. The highest BCUT2D eigenvalue weighted by molar-refractivity contribution is 7.16. The van der Waals surface area contributed by atoms with Crippen molar-refractivity contribution in [2.75, 3.05) is 12.4 Å². The maximum Gasteiger partial charge on any atom is 0.387 e. The lowest BCUT2D eigenvalue weighted by molar-refractivity contribution is -0.114. The van der Waals surface area contributed by atoms with Gasteiger partial charge in [-0.3, -0.25) is 4.79 Å². The molecule has 146 valence electrons. The van der Waals surface area contributed by atoms with Crippen molar-refractivity contribution in [2.45, 2.75) is 34.0 Å². The van der Waals surface area contributed by atoms with E-state index in [0.29, 0.717) is 16.1 Å². The number of amides is 1. The van der Waals surface area contributed by atoms with Crippen LogP contribution in [0.3, 0.4) is 0 Å². The number of esters is 1. The highest BCUT2D eigenvalue weighted by atomic mass is 32.1. The van der Waals surface area contributed by atoms with Gasteiger partial charge < -0.3 is 19.5 Å². The molecule has 1 heterocycles. The van der Waals surface area contributed by atoms with Crippen LogP contribution < -0.4 is 14.8 Å². The van der Waals surface area contributed by atoms with Crippen molar-refractivity contribution in [3.63, 3.8) is 0 Å². The summed E-state index contributed by atoms with van der Waals surface area (Å²) < 4.78 is 39.4. The van der Waals surface area contributed by atoms with E-state index in [2.05, 4.69) is 10.1 Å². The van der Waals surface area contributed by atoms with E-state index in [4.69, 9.17) is 9.47 Å². The Morgan fingerprint density at radius 1 is 1.22 bits per heavy atom. The summed E-state index contributed by atoms with van der Waals surface area (Å²) in [6, 6.07) is 4.26. The third-order valence-electron chi connectivity index (χ3n) is 3.69. The molecule has 0 spiro atoms. The Balaban J connectivity index is 2.15. The number of alkyl halides is 2. The van der Waals surface area contributed by atoms with E-state index >= 15 is 0 Å². The second kappa shape index (κ2) is 8.81. The molecule has 1 aromatic carbocycles. The van der Waals surface area contributed by atoms with Crippen LogP contribution in [0.15, 0.2) is 18.2 Å². The van der Waals surface area contributed by atoms with Gasteiger partial charge in [0.05, 0.1) is 12.7 Å². The van der Waals surface area contributed by atoms with Gasteiger partial charge in [-0.15, -0.1) is 11.3 Å². The lowest BCUT2D eigenvalue weighted by Crippen LogP contribution is -2.12. The summed E-state index contributed by atoms with van der Waals surface area (Å²) in [5, 5.41) is 3.06. The van der Waals surface area contributed by atoms with Gasteiger partial charge in [0.15, 0.2) is 11.5 Å². The Morgan fingerprint density at radius 3 is 2.52 bits per heavy atom. The molecule has 0 saturated carbocycles. The number of rotatable bonds is 7. The topological polar surface area (TPSA) is 73.9 Å². The van der Waals surface area contributed by atoms with Crippen molar-refractivity contribution in [2.24, 2.45) is 0 Å². The minimum atomic E-state index is -2.97. The highest BCUT2D eigenvalue weighted by Crippen LogP contribution is 2.34. The SMILES string of the molecule is COc1cc(COC(=O)c2c(NC(C)=O)sc(C)c2C)ccc1OC(F)F. The van der Waals surface area contributed by atoms with Gasteiger partial charge in [0.25, 0.3) is 0 Å². The molecule has 0 aliphatic rings. The van der Waals surface area contributed by atoms with E-state index in [1.807, 2.05) is 6.92 Å². The Morgan fingerprint density at radius 2 is 1.93 bits per heavy atom. The molecule has 1 aromatic heterocycles. The molecule has 0 atom stereocenters. The third-order valence-corrected chi connectivity index (χ3v) is 4.82.